The van der Waals surface area contributed by atoms with Gasteiger partial charge in [0.25, 0.3) is 10.0 Å². The van der Waals surface area contributed by atoms with Gasteiger partial charge in [-0.15, -0.1) is 0 Å². The van der Waals surface area contributed by atoms with Crippen LogP contribution in [-0.4, -0.2) is 21.4 Å². The number of amides is 1. The maximum absolute atomic E-state index is 12.8. The molecule has 0 heterocycles. The summed E-state index contributed by atoms with van der Waals surface area (Å²) < 4.78 is 33.2. The van der Waals surface area contributed by atoms with Gasteiger partial charge in [-0.25, -0.2) is 8.42 Å². The van der Waals surface area contributed by atoms with Gasteiger partial charge in [0.15, 0.2) is 0 Å². The summed E-state index contributed by atoms with van der Waals surface area (Å²) in [6.07, 6.45) is 3.13. The number of carbonyl (C=O) groups is 1. The molecule has 154 valence electrons. The summed E-state index contributed by atoms with van der Waals surface area (Å²) in [6.45, 7) is 1.96. The summed E-state index contributed by atoms with van der Waals surface area (Å²) in [4.78, 5) is 12.3. The average Bonchev–Trinajstić information content (AvgIpc) is 2.73. The molecule has 0 saturated heterocycles. The Morgan fingerprint density at radius 1 is 0.967 bits per heavy atom. The van der Waals surface area contributed by atoms with Crippen molar-refractivity contribution in [2.75, 3.05) is 17.1 Å². The standard InChI is InChI=1S/C23H22N2O4S/c1-17-8-3-4-9-18(17)14-15-23(26)24-19-10-7-11-20(16-19)30(27,28)25-21-12-5-6-13-22(21)29-2/h3-16,25H,1-2H3,(H,24,26)/b15-14+. The summed E-state index contributed by atoms with van der Waals surface area (Å²) >= 11 is 0. The first kappa shape index (κ1) is 21.1. The smallest absolute Gasteiger partial charge is 0.262 e. The molecule has 1 amide bonds. The predicted octanol–water partition coefficient (Wildman–Crippen LogP) is 4.46. The molecule has 0 aliphatic heterocycles. The van der Waals surface area contributed by atoms with Crippen molar-refractivity contribution in [2.24, 2.45) is 0 Å². The number of carbonyl (C=O) groups excluding carboxylic acids is 1. The highest BCUT2D eigenvalue weighted by Crippen LogP contribution is 2.26. The Labute approximate surface area is 176 Å². The van der Waals surface area contributed by atoms with Crippen LogP contribution >= 0.6 is 0 Å². The average molecular weight is 423 g/mol. The quantitative estimate of drug-likeness (QED) is 0.551. The second-order valence-corrected chi connectivity index (χ2v) is 8.20. The molecule has 0 unspecified atom stereocenters. The highest BCUT2D eigenvalue weighted by molar-refractivity contribution is 7.92. The molecule has 3 rings (SSSR count). The molecule has 3 aromatic carbocycles. The van der Waals surface area contributed by atoms with E-state index in [2.05, 4.69) is 10.0 Å². The highest BCUT2D eigenvalue weighted by Gasteiger charge is 2.17. The topological polar surface area (TPSA) is 84.5 Å². The van der Waals surface area contributed by atoms with Crippen molar-refractivity contribution in [1.29, 1.82) is 0 Å². The Balaban J connectivity index is 1.75. The highest BCUT2D eigenvalue weighted by atomic mass is 32.2. The van der Waals surface area contributed by atoms with Gasteiger partial charge in [0.2, 0.25) is 5.91 Å². The number of anilines is 2. The van der Waals surface area contributed by atoms with Crippen LogP contribution in [0.25, 0.3) is 6.08 Å². The van der Waals surface area contributed by atoms with Crippen molar-refractivity contribution < 1.29 is 17.9 Å². The first-order valence-corrected chi connectivity index (χ1v) is 10.7. The van der Waals surface area contributed by atoms with E-state index >= 15 is 0 Å². The van der Waals surface area contributed by atoms with Crippen LogP contribution in [-0.2, 0) is 14.8 Å². The first-order chi connectivity index (χ1) is 14.4. The minimum absolute atomic E-state index is 0.0223. The van der Waals surface area contributed by atoms with E-state index in [0.29, 0.717) is 17.1 Å². The van der Waals surface area contributed by atoms with Gasteiger partial charge in [-0.05, 0) is 54.5 Å². The van der Waals surface area contributed by atoms with E-state index in [1.54, 1.807) is 42.5 Å². The Morgan fingerprint density at radius 2 is 1.70 bits per heavy atom. The van der Waals surface area contributed by atoms with Crippen molar-refractivity contribution in [3.8, 4) is 5.75 Å². The van der Waals surface area contributed by atoms with Gasteiger partial charge < -0.3 is 10.1 Å². The number of hydrogen-bond donors (Lipinski definition) is 2. The van der Waals surface area contributed by atoms with Crippen LogP contribution in [0, 0.1) is 6.92 Å². The van der Waals surface area contributed by atoms with E-state index in [1.165, 1.54) is 25.3 Å². The maximum Gasteiger partial charge on any atom is 0.262 e. The molecule has 2 N–H and O–H groups in total. The monoisotopic (exact) mass is 422 g/mol. The van der Waals surface area contributed by atoms with Crippen molar-refractivity contribution in [1.82, 2.24) is 0 Å². The third-order valence-corrected chi connectivity index (χ3v) is 5.73. The van der Waals surface area contributed by atoms with Crippen LogP contribution < -0.4 is 14.8 Å². The molecule has 0 aliphatic carbocycles. The number of sulfonamides is 1. The van der Waals surface area contributed by atoms with E-state index in [1.807, 2.05) is 31.2 Å². The van der Waals surface area contributed by atoms with Crippen molar-refractivity contribution in [3.63, 3.8) is 0 Å². The Morgan fingerprint density at radius 3 is 2.47 bits per heavy atom. The van der Waals surface area contributed by atoms with Crippen LogP contribution in [0.1, 0.15) is 11.1 Å². The van der Waals surface area contributed by atoms with E-state index < -0.39 is 10.0 Å². The van der Waals surface area contributed by atoms with Gasteiger partial charge in [0.05, 0.1) is 17.7 Å². The molecular weight excluding hydrogens is 400 g/mol. The fourth-order valence-electron chi connectivity index (χ4n) is 2.80. The second kappa shape index (κ2) is 9.28. The number of rotatable bonds is 7. The molecule has 0 aromatic heterocycles. The number of para-hydroxylation sites is 2. The number of aryl methyl sites for hydroxylation is 1. The van der Waals surface area contributed by atoms with E-state index in [9.17, 15) is 13.2 Å². The number of benzene rings is 3. The Hall–Kier alpha value is -3.58. The lowest BCUT2D eigenvalue weighted by molar-refractivity contribution is -0.111. The number of hydrogen-bond acceptors (Lipinski definition) is 4. The lowest BCUT2D eigenvalue weighted by Crippen LogP contribution is -2.14. The third-order valence-electron chi connectivity index (χ3n) is 4.37. The molecule has 0 radical (unpaired) electrons. The molecule has 0 aliphatic rings. The number of ether oxygens (including phenoxy) is 1. The van der Waals surface area contributed by atoms with Gasteiger partial charge >= 0.3 is 0 Å². The second-order valence-electron chi connectivity index (χ2n) is 6.51. The zero-order valence-electron chi connectivity index (χ0n) is 16.6. The molecule has 0 bridgehead atoms. The first-order valence-electron chi connectivity index (χ1n) is 9.19. The van der Waals surface area contributed by atoms with Gasteiger partial charge in [0, 0.05) is 11.8 Å². The summed E-state index contributed by atoms with van der Waals surface area (Å²) in [5, 5.41) is 2.69. The Kier molecular flexibility index (Phi) is 6.54. The van der Waals surface area contributed by atoms with E-state index in [4.69, 9.17) is 4.74 Å². The van der Waals surface area contributed by atoms with E-state index in [-0.39, 0.29) is 10.8 Å². The SMILES string of the molecule is COc1ccccc1NS(=O)(=O)c1cccc(NC(=O)/C=C/c2ccccc2C)c1. The van der Waals surface area contributed by atoms with Gasteiger partial charge in [-0.1, -0.05) is 42.5 Å². The van der Waals surface area contributed by atoms with Gasteiger partial charge in [0.1, 0.15) is 5.75 Å². The molecule has 6 nitrogen and oxygen atoms in total. The molecule has 7 heteroatoms. The minimum atomic E-state index is -3.86. The molecule has 0 spiro atoms. The van der Waals surface area contributed by atoms with E-state index in [0.717, 1.165) is 11.1 Å². The van der Waals surface area contributed by atoms with Gasteiger partial charge in [-0.2, -0.15) is 0 Å². The third kappa shape index (κ3) is 5.27. The van der Waals surface area contributed by atoms with Crippen molar-refractivity contribution >= 4 is 33.4 Å². The summed E-state index contributed by atoms with van der Waals surface area (Å²) in [5.41, 5.74) is 2.69. The molecule has 30 heavy (non-hydrogen) atoms. The number of methoxy groups -OCH3 is 1. The van der Waals surface area contributed by atoms with Crippen LogP contribution in [0.5, 0.6) is 5.75 Å². The molecule has 0 fully saturated rings. The zero-order valence-corrected chi connectivity index (χ0v) is 17.4. The molecule has 0 atom stereocenters. The van der Waals surface area contributed by atoms with Crippen LogP contribution in [0.15, 0.2) is 83.8 Å². The zero-order chi connectivity index (χ0) is 21.6. The van der Waals surface area contributed by atoms with Crippen molar-refractivity contribution in [3.05, 3.63) is 90.0 Å². The van der Waals surface area contributed by atoms with Crippen LogP contribution in [0.4, 0.5) is 11.4 Å². The largest absolute Gasteiger partial charge is 0.495 e. The Bertz CT molecular complexity index is 1190. The van der Waals surface area contributed by atoms with Crippen molar-refractivity contribution in [2.45, 2.75) is 11.8 Å². The number of nitrogens with one attached hydrogen (secondary N) is 2. The minimum Gasteiger partial charge on any atom is -0.495 e. The predicted molar refractivity (Wildman–Crippen MR) is 119 cm³/mol. The van der Waals surface area contributed by atoms with Crippen LogP contribution in [0.2, 0.25) is 0 Å². The van der Waals surface area contributed by atoms with Gasteiger partial charge in [-0.3, -0.25) is 9.52 Å². The fourth-order valence-corrected chi connectivity index (χ4v) is 3.91. The summed E-state index contributed by atoms with van der Waals surface area (Å²) in [7, 11) is -2.40. The molecule has 3 aromatic rings. The molecule has 0 saturated carbocycles. The lowest BCUT2D eigenvalue weighted by Gasteiger charge is -2.12. The fraction of sp³-hybridized carbons (Fsp3) is 0.0870. The lowest BCUT2D eigenvalue weighted by atomic mass is 10.1. The maximum atomic E-state index is 12.8. The molecular formula is C23H22N2O4S. The summed E-state index contributed by atoms with van der Waals surface area (Å²) in [5.74, 6) is 0.0531. The normalized spacial score (nSPS) is 11.3. The summed E-state index contributed by atoms with van der Waals surface area (Å²) in [6, 6.07) is 20.5. The van der Waals surface area contributed by atoms with Crippen LogP contribution in [0.3, 0.4) is 0 Å².